The number of piperazine rings is 1. The van der Waals surface area contributed by atoms with Gasteiger partial charge in [0.25, 0.3) is 5.91 Å². The van der Waals surface area contributed by atoms with Crippen molar-refractivity contribution in [2.24, 2.45) is 5.92 Å². The number of halogens is 1. The Morgan fingerprint density at radius 3 is 2.93 bits per heavy atom. The minimum atomic E-state index is 0.0898. The summed E-state index contributed by atoms with van der Waals surface area (Å²) in [4.78, 5) is 21.1. The lowest BCUT2D eigenvalue weighted by Crippen LogP contribution is -2.60. The van der Waals surface area contributed by atoms with Gasteiger partial charge < -0.3 is 9.88 Å². The van der Waals surface area contributed by atoms with Gasteiger partial charge in [0, 0.05) is 65.6 Å². The predicted octanol–water partition coefficient (Wildman–Crippen LogP) is 2.32. The second kappa shape index (κ2) is 5.95. The average molecular weight is 400 g/mol. The average Bonchev–Trinajstić information content (AvgIpc) is 3.18. The highest BCUT2D eigenvalue weighted by molar-refractivity contribution is 6.35. The van der Waals surface area contributed by atoms with E-state index >= 15 is 0 Å². The third-order valence-electron chi connectivity index (χ3n) is 7.58. The zero-order valence-electron chi connectivity index (χ0n) is 16.1. The van der Waals surface area contributed by atoms with Gasteiger partial charge in [-0.3, -0.25) is 15.1 Å². The number of carbonyl (C=O) groups excluding carboxylic acids is 1. The Balaban J connectivity index is 1.22. The number of amides is 1. The number of nitrogens with one attached hydrogen (secondary N) is 2. The van der Waals surface area contributed by atoms with Gasteiger partial charge in [0.15, 0.2) is 0 Å². The molecule has 1 aliphatic carbocycles. The zero-order valence-corrected chi connectivity index (χ0v) is 16.9. The Hall–Kier alpha value is -1.60. The summed E-state index contributed by atoms with van der Waals surface area (Å²) in [7, 11) is 2.28. The van der Waals surface area contributed by atoms with Gasteiger partial charge >= 0.3 is 0 Å². The van der Waals surface area contributed by atoms with Crippen LogP contribution in [-0.4, -0.2) is 76.5 Å². The van der Waals surface area contributed by atoms with Gasteiger partial charge in [0.05, 0.1) is 0 Å². The highest BCUT2D eigenvalue weighted by atomic mass is 35.5. The van der Waals surface area contributed by atoms with Crippen molar-refractivity contribution >= 4 is 28.4 Å². The smallest absolute Gasteiger partial charge is 0.270 e. The number of benzene rings is 1. The summed E-state index contributed by atoms with van der Waals surface area (Å²) < 4.78 is 0. The number of aromatic amines is 1. The number of piperidine rings is 1. The molecule has 2 aromatic rings. The molecule has 3 saturated heterocycles. The number of rotatable bonds is 1. The fourth-order valence-corrected chi connectivity index (χ4v) is 5.88. The van der Waals surface area contributed by atoms with Crippen LogP contribution < -0.4 is 5.43 Å². The van der Waals surface area contributed by atoms with Crippen LogP contribution in [0.2, 0.25) is 5.02 Å². The molecule has 0 radical (unpaired) electrons. The van der Waals surface area contributed by atoms with Crippen LogP contribution in [0.15, 0.2) is 24.3 Å². The van der Waals surface area contributed by atoms with Crippen LogP contribution in [0.5, 0.6) is 0 Å². The maximum atomic E-state index is 13.2. The van der Waals surface area contributed by atoms with Crippen molar-refractivity contribution in [3.05, 3.63) is 35.0 Å². The molecule has 4 aliphatic rings. The number of H-pyrrole nitrogens is 1. The summed E-state index contributed by atoms with van der Waals surface area (Å²) in [5, 5.41) is 4.10. The van der Waals surface area contributed by atoms with Crippen molar-refractivity contribution in [1.29, 1.82) is 0 Å². The van der Waals surface area contributed by atoms with Crippen LogP contribution >= 0.6 is 11.6 Å². The van der Waals surface area contributed by atoms with Crippen molar-refractivity contribution in [3.63, 3.8) is 0 Å². The number of hydrogen-bond donors (Lipinski definition) is 2. The van der Waals surface area contributed by atoms with Crippen molar-refractivity contribution in [1.82, 2.24) is 25.2 Å². The predicted molar refractivity (Wildman–Crippen MR) is 109 cm³/mol. The normalized spacial score (nSPS) is 31.9. The van der Waals surface area contributed by atoms with Crippen LogP contribution in [0.25, 0.3) is 10.9 Å². The van der Waals surface area contributed by atoms with E-state index in [9.17, 15) is 4.79 Å². The molecular weight excluding hydrogens is 374 g/mol. The molecule has 2 N–H and O–H groups in total. The third-order valence-corrected chi connectivity index (χ3v) is 7.90. The Morgan fingerprint density at radius 1 is 1.29 bits per heavy atom. The van der Waals surface area contributed by atoms with Gasteiger partial charge in [0.1, 0.15) is 5.69 Å². The molecule has 6 nitrogen and oxygen atoms in total. The van der Waals surface area contributed by atoms with Crippen LogP contribution in [-0.2, 0) is 0 Å². The molecule has 148 valence electrons. The minimum Gasteiger partial charge on any atom is -0.350 e. The molecule has 0 bridgehead atoms. The number of hydrazine groups is 1. The van der Waals surface area contributed by atoms with E-state index in [0.717, 1.165) is 43.5 Å². The molecule has 1 spiro atoms. The molecule has 3 aliphatic heterocycles. The van der Waals surface area contributed by atoms with Crippen molar-refractivity contribution in [2.75, 3.05) is 33.2 Å². The summed E-state index contributed by atoms with van der Waals surface area (Å²) in [5.74, 6) is 0.580. The first-order chi connectivity index (χ1) is 13.5. The van der Waals surface area contributed by atoms with E-state index in [2.05, 4.69) is 27.4 Å². The van der Waals surface area contributed by atoms with Crippen LogP contribution in [0.3, 0.4) is 0 Å². The van der Waals surface area contributed by atoms with Gasteiger partial charge in [-0.05, 0) is 44.5 Å². The Bertz CT molecular complexity index is 953. The summed E-state index contributed by atoms with van der Waals surface area (Å²) in [6.07, 6.45) is 3.65. The van der Waals surface area contributed by atoms with Gasteiger partial charge in [-0.25, -0.2) is 5.01 Å². The Morgan fingerprint density at radius 2 is 2.14 bits per heavy atom. The standard InChI is InChI=1S/C21H26ClN5O/c1-25-11-19-14-10-26(8-5-17(14)24-27(19)12-21(25)6-7-21)20(28)18-9-13-15(22)3-2-4-16(13)23-18/h2-4,9,14,17,19,23-24H,5-8,10-12H2,1H3. The van der Waals surface area contributed by atoms with E-state index in [0.29, 0.717) is 34.3 Å². The number of likely N-dealkylation sites (tertiary alicyclic amines) is 1. The van der Waals surface area contributed by atoms with E-state index in [-0.39, 0.29) is 5.91 Å². The van der Waals surface area contributed by atoms with Crippen molar-refractivity contribution in [3.8, 4) is 0 Å². The Labute approximate surface area is 169 Å². The number of nitrogens with zero attached hydrogens (tertiary/aromatic N) is 3. The lowest BCUT2D eigenvalue weighted by atomic mass is 9.86. The van der Waals surface area contributed by atoms with E-state index in [1.807, 2.05) is 29.2 Å². The molecule has 4 heterocycles. The number of likely N-dealkylation sites (N-methyl/N-ethyl adjacent to an activating group) is 1. The van der Waals surface area contributed by atoms with E-state index in [1.165, 1.54) is 12.8 Å². The number of fused-ring (bicyclic) bond motifs is 4. The minimum absolute atomic E-state index is 0.0898. The van der Waals surface area contributed by atoms with Crippen LogP contribution in [0.4, 0.5) is 0 Å². The fraction of sp³-hybridized carbons (Fsp3) is 0.571. The molecule has 3 atom stereocenters. The van der Waals surface area contributed by atoms with Crippen LogP contribution in [0.1, 0.15) is 29.8 Å². The SMILES string of the molecule is CN1CC2C3CN(C(=O)c4cc5c(Cl)cccc5[nH]4)CCC3NN2CC12CC2. The molecule has 6 rings (SSSR count). The molecule has 3 unspecified atom stereocenters. The summed E-state index contributed by atoms with van der Waals surface area (Å²) in [5.41, 5.74) is 5.76. The highest BCUT2D eigenvalue weighted by Gasteiger charge is 2.57. The summed E-state index contributed by atoms with van der Waals surface area (Å²) in [6, 6.07) is 8.63. The Kier molecular flexibility index (Phi) is 3.67. The van der Waals surface area contributed by atoms with Gasteiger partial charge in [-0.2, -0.15) is 0 Å². The second-order valence-electron chi connectivity index (χ2n) is 9.12. The zero-order chi connectivity index (χ0) is 19.0. The van der Waals surface area contributed by atoms with Gasteiger partial charge in [-0.1, -0.05) is 17.7 Å². The topological polar surface area (TPSA) is 54.6 Å². The first-order valence-corrected chi connectivity index (χ1v) is 10.7. The fourth-order valence-electron chi connectivity index (χ4n) is 5.65. The highest BCUT2D eigenvalue weighted by Crippen LogP contribution is 2.46. The molecule has 1 saturated carbocycles. The number of aromatic nitrogens is 1. The van der Waals surface area contributed by atoms with Crippen molar-refractivity contribution in [2.45, 2.75) is 36.9 Å². The van der Waals surface area contributed by atoms with Gasteiger partial charge in [-0.15, -0.1) is 0 Å². The maximum absolute atomic E-state index is 13.2. The van der Waals surface area contributed by atoms with Crippen LogP contribution in [0, 0.1) is 5.92 Å². The van der Waals surface area contributed by atoms with E-state index in [4.69, 9.17) is 11.6 Å². The first kappa shape index (κ1) is 17.3. The monoisotopic (exact) mass is 399 g/mol. The molecule has 4 fully saturated rings. The first-order valence-electron chi connectivity index (χ1n) is 10.3. The summed E-state index contributed by atoms with van der Waals surface area (Å²) in [6.45, 7) is 3.84. The third kappa shape index (κ3) is 2.48. The lowest BCUT2D eigenvalue weighted by Gasteiger charge is -2.44. The van der Waals surface area contributed by atoms with Gasteiger partial charge in [0.2, 0.25) is 0 Å². The summed E-state index contributed by atoms with van der Waals surface area (Å²) >= 11 is 6.29. The number of carbonyl (C=O) groups is 1. The quantitative estimate of drug-likeness (QED) is 0.772. The molecular formula is C21H26ClN5O. The molecule has 1 aromatic heterocycles. The van der Waals surface area contributed by atoms with E-state index < -0.39 is 0 Å². The maximum Gasteiger partial charge on any atom is 0.270 e. The molecule has 28 heavy (non-hydrogen) atoms. The second-order valence-corrected chi connectivity index (χ2v) is 9.53. The molecule has 1 amide bonds. The number of hydrogen-bond acceptors (Lipinski definition) is 4. The molecule has 7 heteroatoms. The molecule has 1 aromatic carbocycles. The van der Waals surface area contributed by atoms with E-state index in [1.54, 1.807) is 0 Å². The lowest BCUT2D eigenvalue weighted by molar-refractivity contribution is 0.0164. The van der Waals surface area contributed by atoms with Crippen molar-refractivity contribution < 1.29 is 4.79 Å². The largest absolute Gasteiger partial charge is 0.350 e.